The van der Waals surface area contributed by atoms with Gasteiger partial charge in [0.25, 0.3) is 0 Å². The highest BCUT2D eigenvalue weighted by Gasteiger charge is 2.21. The number of hydrogen-bond acceptors (Lipinski definition) is 3. The lowest BCUT2D eigenvalue weighted by atomic mass is 9.99. The number of carbonyl (C=O) groups is 1. The van der Waals surface area contributed by atoms with Crippen LogP contribution in [0.1, 0.15) is 27.2 Å². The highest BCUT2D eigenvalue weighted by Crippen LogP contribution is 2.08. The second kappa shape index (κ2) is 8.12. The third-order valence-corrected chi connectivity index (χ3v) is 3.19. The molecule has 0 rings (SSSR count). The standard InChI is InChI=1S/C10H21NO2S/c1-4-8(3)9(10(12)13)11-6-7-14-5-2/h8-9,11H,4-7H2,1-3H3,(H,12,13)/t8-,9-/m0/s1. The molecule has 4 heteroatoms. The Morgan fingerprint density at radius 3 is 2.57 bits per heavy atom. The average molecular weight is 219 g/mol. The van der Waals surface area contributed by atoms with Gasteiger partial charge in [0.1, 0.15) is 6.04 Å². The first-order valence-electron chi connectivity index (χ1n) is 5.17. The van der Waals surface area contributed by atoms with Gasteiger partial charge in [-0.3, -0.25) is 4.79 Å². The Labute approximate surface area is 90.7 Å². The van der Waals surface area contributed by atoms with Crippen molar-refractivity contribution < 1.29 is 9.90 Å². The molecule has 0 saturated heterocycles. The monoisotopic (exact) mass is 219 g/mol. The number of aliphatic carboxylic acids is 1. The molecule has 0 amide bonds. The summed E-state index contributed by atoms with van der Waals surface area (Å²) >= 11 is 1.83. The molecule has 0 aromatic heterocycles. The Hall–Kier alpha value is -0.220. The topological polar surface area (TPSA) is 49.3 Å². The van der Waals surface area contributed by atoms with E-state index < -0.39 is 12.0 Å². The molecule has 2 atom stereocenters. The molecule has 0 fully saturated rings. The van der Waals surface area contributed by atoms with Crippen LogP contribution in [0.2, 0.25) is 0 Å². The Morgan fingerprint density at radius 2 is 2.14 bits per heavy atom. The smallest absolute Gasteiger partial charge is 0.320 e. The van der Waals surface area contributed by atoms with Crippen LogP contribution < -0.4 is 5.32 Å². The lowest BCUT2D eigenvalue weighted by Gasteiger charge is -2.19. The fourth-order valence-corrected chi connectivity index (χ4v) is 1.75. The summed E-state index contributed by atoms with van der Waals surface area (Å²) in [5.41, 5.74) is 0. The number of carboxylic acid groups (broad SMARTS) is 1. The molecule has 0 aliphatic rings. The molecular weight excluding hydrogens is 198 g/mol. The summed E-state index contributed by atoms with van der Waals surface area (Å²) in [6, 6.07) is -0.391. The van der Waals surface area contributed by atoms with Crippen molar-refractivity contribution in [1.82, 2.24) is 5.32 Å². The van der Waals surface area contributed by atoms with Gasteiger partial charge in [-0.25, -0.2) is 0 Å². The first-order valence-corrected chi connectivity index (χ1v) is 6.32. The molecule has 14 heavy (non-hydrogen) atoms. The minimum atomic E-state index is -0.735. The van der Waals surface area contributed by atoms with Crippen molar-refractivity contribution >= 4 is 17.7 Å². The van der Waals surface area contributed by atoms with E-state index in [1.54, 1.807) is 0 Å². The summed E-state index contributed by atoms with van der Waals surface area (Å²) in [5, 5.41) is 12.0. The number of thioether (sulfide) groups is 1. The van der Waals surface area contributed by atoms with Crippen LogP contribution in [0, 0.1) is 5.92 Å². The zero-order valence-corrected chi connectivity index (χ0v) is 10.1. The maximum Gasteiger partial charge on any atom is 0.320 e. The summed E-state index contributed by atoms with van der Waals surface area (Å²) in [6.45, 7) is 6.87. The highest BCUT2D eigenvalue weighted by atomic mass is 32.2. The van der Waals surface area contributed by atoms with E-state index in [1.807, 2.05) is 25.6 Å². The summed E-state index contributed by atoms with van der Waals surface area (Å²) in [5.74, 6) is 1.53. The number of hydrogen-bond donors (Lipinski definition) is 2. The van der Waals surface area contributed by atoms with Crippen LogP contribution in [0.5, 0.6) is 0 Å². The van der Waals surface area contributed by atoms with Crippen molar-refractivity contribution in [3.8, 4) is 0 Å². The van der Waals surface area contributed by atoms with Gasteiger partial charge in [-0.15, -0.1) is 0 Å². The lowest BCUT2D eigenvalue weighted by molar-refractivity contribution is -0.140. The van der Waals surface area contributed by atoms with E-state index in [1.165, 1.54) is 0 Å². The van der Waals surface area contributed by atoms with Crippen LogP contribution in [0.15, 0.2) is 0 Å². The molecular formula is C10H21NO2S. The molecule has 0 aliphatic heterocycles. The molecule has 0 radical (unpaired) electrons. The largest absolute Gasteiger partial charge is 0.480 e. The van der Waals surface area contributed by atoms with Crippen LogP contribution in [0.25, 0.3) is 0 Å². The molecule has 84 valence electrons. The van der Waals surface area contributed by atoms with E-state index in [4.69, 9.17) is 5.11 Å². The van der Waals surface area contributed by atoms with Gasteiger partial charge in [-0.2, -0.15) is 11.8 Å². The second-order valence-electron chi connectivity index (χ2n) is 3.35. The maximum atomic E-state index is 10.9. The van der Waals surface area contributed by atoms with Crippen molar-refractivity contribution in [2.45, 2.75) is 33.2 Å². The number of nitrogens with one attached hydrogen (secondary N) is 1. The van der Waals surface area contributed by atoms with Crippen molar-refractivity contribution in [2.75, 3.05) is 18.1 Å². The van der Waals surface area contributed by atoms with Crippen LogP contribution in [0.4, 0.5) is 0 Å². The van der Waals surface area contributed by atoms with Gasteiger partial charge in [0, 0.05) is 12.3 Å². The Balaban J connectivity index is 3.80. The molecule has 0 unspecified atom stereocenters. The van der Waals surface area contributed by atoms with Gasteiger partial charge < -0.3 is 10.4 Å². The second-order valence-corrected chi connectivity index (χ2v) is 4.75. The third-order valence-electron chi connectivity index (χ3n) is 2.29. The van der Waals surface area contributed by atoms with Gasteiger partial charge in [0.2, 0.25) is 0 Å². The van der Waals surface area contributed by atoms with Crippen LogP contribution >= 0.6 is 11.8 Å². The van der Waals surface area contributed by atoms with Crippen LogP contribution in [0.3, 0.4) is 0 Å². The molecule has 0 saturated carbocycles. The fourth-order valence-electron chi connectivity index (χ4n) is 1.20. The maximum absolute atomic E-state index is 10.9. The highest BCUT2D eigenvalue weighted by molar-refractivity contribution is 7.99. The zero-order valence-electron chi connectivity index (χ0n) is 9.25. The quantitative estimate of drug-likeness (QED) is 0.611. The van der Waals surface area contributed by atoms with Gasteiger partial charge in [0.05, 0.1) is 0 Å². The normalized spacial score (nSPS) is 15.1. The molecule has 0 heterocycles. The Morgan fingerprint density at radius 1 is 1.50 bits per heavy atom. The van der Waals surface area contributed by atoms with Gasteiger partial charge in [-0.05, 0) is 11.7 Å². The summed E-state index contributed by atoms with van der Waals surface area (Å²) in [4.78, 5) is 10.9. The predicted octanol–water partition coefficient (Wildman–Crippen LogP) is 1.83. The predicted molar refractivity (Wildman–Crippen MR) is 61.9 cm³/mol. The lowest BCUT2D eigenvalue weighted by Crippen LogP contribution is -2.42. The molecule has 0 spiro atoms. The molecule has 2 N–H and O–H groups in total. The molecule has 3 nitrogen and oxygen atoms in total. The summed E-state index contributed by atoms with van der Waals surface area (Å²) in [6.07, 6.45) is 0.894. The summed E-state index contributed by atoms with van der Waals surface area (Å²) in [7, 11) is 0. The molecule has 0 bridgehead atoms. The van der Waals surface area contributed by atoms with E-state index in [2.05, 4.69) is 12.2 Å². The Bertz CT molecular complexity index is 164. The minimum absolute atomic E-state index is 0.194. The SMILES string of the molecule is CCSCCN[C@H](C(=O)O)[C@@H](C)CC. The van der Waals surface area contributed by atoms with Crippen LogP contribution in [-0.4, -0.2) is 35.2 Å². The first kappa shape index (κ1) is 13.8. The van der Waals surface area contributed by atoms with E-state index in [-0.39, 0.29) is 5.92 Å². The third kappa shape index (κ3) is 5.50. The van der Waals surface area contributed by atoms with Crippen molar-refractivity contribution in [1.29, 1.82) is 0 Å². The summed E-state index contributed by atoms with van der Waals surface area (Å²) < 4.78 is 0. The van der Waals surface area contributed by atoms with Crippen molar-refractivity contribution in [3.05, 3.63) is 0 Å². The number of carboxylic acids is 1. The molecule has 0 aromatic carbocycles. The molecule has 0 aliphatic carbocycles. The van der Waals surface area contributed by atoms with Crippen molar-refractivity contribution in [2.24, 2.45) is 5.92 Å². The fraction of sp³-hybridized carbons (Fsp3) is 0.900. The van der Waals surface area contributed by atoms with E-state index >= 15 is 0 Å². The molecule has 0 aromatic rings. The van der Waals surface area contributed by atoms with Crippen LogP contribution in [-0.2, 0) is 4.79 Å². The van der Waals surface area contributed by atoms with Gasteiger partial charge in [0.15, 0.2) is 0 Å². The Kier molecular flexibility index (Phi) is 7.99. The van der Waals surface area contributed by atoms with Crippen molar-refractivity contribution in [3.63, 3.8) is 0 Å². The number of rotatable bonds is 8. The van der Waals surface area contributed by atoms with E-state index in [0.29, 0.717) is 0 Å². The van der Waals surface area contributed by atoms with E-state index in [9.17, 15) is 4.79 Å². The average Bonchev–Trinajstić information content (AvgIpc) is 2.16. The van der Waals surface area contributed by atoms with Gasteiger partial charge in [-0.1, -0.05) is 27.2 Å². The minimum Gasteiger partial charge on any atom is -0.480 e. The van der Waals surface area contributed by atoms with E-state index in [0.717, 1.165) is 24.5 Å². The zero-order chi connectivity index (χ0) is 11.0. The first-order chi connectivity index (χ1) is 6.63. The van der Waals surface area contributed by atoms with Gasteiger partial charge >= 0.3 is 5.97 Å².